The standard InChI is InChI=1S/C16H23Br2NO/c1-16(2,3)6-7-20-15-13(17)8-11(9-14(15)18)10-19-12-4-5-12/h8-9,12,19H,4-7,10H2,1-3H3. The van der Waals surface area contributed by atoms with E-state index in [-0.39, 0.29) is 0 Å². The number of hydrogen-bond donors (Lipinski definition) is 1. The lowest BCUT2D eigenvalue weighted by molar-refractivity contribution is 0.241. The zero-order valence-electron chi connectivity index (χ0n) is 12.4. The highest BCUT2D eigenvalue weighted by molar-refractivity contribution is 9.11. The molecule has 0 radical (unpaired) electrons. The predicted molar refractivity (Wildman–Crippen MR) is 91.3 cm³/mol. The van der Waals surface area contributed by atoms with E-state index in [4.69, 9.17) is 4.74 Å². The molecule has 0 heterocycles. The molecule has 0 atom stereocenters. The molecule has 0 bridgehead atoms. The lowest BCUT2D eigenvalue weighted by atomic mass is 9.93. The third kappa shape index (κ3) is 5.38. The van der Waals surface area contributed by atoms with Gasteiger partial charge in [-0.3, -0.25) is 0 Å². The normalized spacial score (nSPS) is 15.4. The molecule has 4 heteroatoms. The van der Waals surface area contributed by atoms with Crippen LogP contribution in [0.1, 0.15) is 45.6 Å². The average Bonchev–Trinajstić information content (AvgIpc) is 3.12. The summed E-state index contributed by atoms with van der Waals surface area (Å²) < 4.78 is 7.97. The van der Waals surface area contributed by atoms with Gasteiger partial charge in [-0.1, -0.05) is 20.8 Å². The Balaban J connectivity index is 1.94. The SMILES string of the molecule is CC(C)(C)CCOc1c(Br)cc(CNC2CC2)cc1Br. The molecule has 112 valence electrons. The quantitative estimate of drug-likeness (QED) is 0.696. The first-order valence-electron chi connectivity index (χ1n) is 7.19. The van der Waals surface area contributed by atoms with E-state index in [2.05, 4.69) is 70.1 Å². The summed E-state index contributed by atoms with van der Waals surface area (Å²) in [7, 11) is 0. The molecule has 2 nitrogen and oxygen atoms in total. The Morgan fingerprint density at radius 3 is 2.30 bits per heavy atom. The van der Waals surface area contributed by atoms with Crippen LogP contribution >= 0.6 is 31.9 Å². The Labute approximate surface area is 138 Å². The molecule has 1 aromatic carbocycles. The van der Waals surface area contributed by atoms with E-state index in [1.165, 1.54) is 18.4 Å². The minimum absolute atomic E-state index is 0.299. The minimum Gasteiger partial charge on any atom is -0.491 e. The van der Waals surface area contributed by atoms with E-state index < -0.39 is 0 Å². The summed E-state index contributed by atoms with van der Waals surface area (Å²) in [6.45, 7) is 8.35. The summed E-state index contributed by atoms with van der Waals surface area (Å²) in [4.78, 5) is 0. The van der Waals surface area contributed by atoms with Crippen LogP contribution in [0.5, 0.6) is 5.75 Å². The van der Waals surface area contributed by atoms with Crippen molar-refractivity contribution in [1.29, 1.82) is 0 Å². The van der Waals surface area contributed by atoms with Gasteiger partial charge in [-0.2, -0.15) is 0 Å². The van der Waals surface area contributed by atoms with E-state index in [0.29, 0.717) is 5.41 Å². The molecule has 1 aliphatic rings. The first-order chi connectivity index (χ1) is 9.35. The van der Waals surface area contributed by atoms with Gasteiger partial charge in [0.2, 0.25) is 0 Å². The van der Waals surface area contributed by atoms with Crippen LogP contribution in [-0.4, -0.2) is 12.6 Å². The Kier molecular flexibility index (Phi) is 5.55. The van der Waals surface area contributed by atoms with Crippen molar-refractivity contribution in [1.82, 2.24) is 5.32 Å². The zero-order chi connectivity index (χ0) is 14.8. The fraction of sp³-hybridized carbons (Fsp3) is 0.625. The molecule has 1 aromatic rings. The maximum atomic E-state index is 5.92. The van der Waals surface area contributed by atoms with Crippen molar-refractivity contribution in [3.8, 4) is 5.75 Å². The smallest absolute Gasteiger partial charge is 0.147 e. The Morgan fingerprint density at radius 1 is 1.20 bits per heavy atom. The van der Waals surface area contributed by atoms with Crippen LogP contribution < -0.4 is 10.1 Å². The molecule has 0 amide bonds. The number of rotatable bonds is 6. The van der Waals surface area contributed by atoms with Crippen molar-refractivity contribution in [2.45, 2.75) is 52.6 Å². The maximum absolute atomic E-state index is 5.92. The van der Waals surface area contributed by atoms with E-state index in [9.17, 15) is 0 Å². The van der Waals surface area contributed by atoms with Gasteiger partial charge in [-0.05, 0) is 74.2 Å². The highest BCUT2D eigenvalue weighted by atomic mass is 79.9. The number of ether oxygens (including phenoxy) is 1. The minimum atomic E-state index is 0.299. The molecule has 0 saturated heterocycles. The van der Waals surface area contributed by atoms with Crippen LogP contribution in [0.3, 0.4) is 0 Å². The van der Waals surface area contributed by atoms with E-state index >= 15 is 0 Å². The number of halogens is 2. The first kappa shape index (κ1) is 16.3. The van der Waals surface area contributed by atoms with Gasteiger partial charge in [-0.15, -0.1) is 0 Å². The fourth-order valence-corrected chi connectivity index (χ4v) is 3.37. The molecule has 1 N–H and O–H groups in total. The van der Waals surface area contributed by atoms with Crippen molar-refractivity contribution in [2.24, 2.45) is 5.41 Å². The van der Waals surface area contributed by atoms with Crippen molar-refractivity contribution in [3.05, 3.63) is 26.6 Å². The summed E-state index contributed by atoms with van der Waals surface area (Å²) >= 11 is 7.24. The van der Waals surface area contributed by atoms with Crippen molar-refractivity contribution in [3.63, 3.8) is 0 Å². The third-order valence-corrected chi connectivity index (χ3v) is 4.51. The second kappa shape index (κ2) is 6.80. The molecule has 1 aliphatic carbocycles. The number of hydrogen-bond acceptors (Lipinski definition) is 2. The van der Waals surface area contributed by atoms with Crippen molar-refractivity contribution >= 4 is 31.9 Å². The van der Waals surface area contributed by atoms with Crippen LogP contribution in [0.2, 0.25) is 0 Å². The van der Waals surface area contributed by atoms with Gasteiger partial charge in [0.05, 0.1) is 15.6 Å². The van der Waals surface area contributed by atoms with Crippen LogP contribution in [0.25, 0.3) is 0 Å². The number of nitrogens with one attached hydrogen (secondary N) is 1. The maximum Gasteiger partial charge on any atom is 0.147 e. The van der Waals surface area contributed by atoms with Gasteiger partial charge in [-0.25, -0.2) is 0 Å². The predicted octanol–water partition coefficient (Wildman–Crippen LogP) is 5.28. The lowest BCUT2D eigenvalue weighted by Crippen LogP contribution is -2.15. The topological polar surface area (TPSA) is 21.3 Å². The van der Waals surface area contributed by atoms with Gasteiger partial charge in [0.15, 0.2) is 0 Å². The molecule has 20 heavy (non-hydrogen) atoms. The Bertz CT molecular complexity index is 441. The monoisotopic (exact) mass is 403 g/mol. The van der Waals surface area contributed by atoms with E-state index in [1.54, 1.807) is 0 Å². The van der Waals surface area contributed by atoms with Crippen molar-refractivity contribution in [2.75, 3.05) is 6.61 Å². The largest absolute Gasteiger partial charge is 0.491 e. The first-order valence-corrected chi connectivity index (χ1v) is 8.78. The van der Waals surface area contributed by atoms with Gasteiger partial charge in [0.25, 0.3) is 0 Å². The summed E-state index contributed by atoms with van der Waals surface area (Å²) in [5.41, 5.74) is 1.58. The Morgan fingerprint density at radius 2 is 1.80 bits per heavy atom. The molecule has 0 spiro atoms. The summed E-state index contributed by atoms with van der Waals surface area (Å²) in [5.74, 6) is 0.907. The van der Waals surface area contributed by atoms with Gasteiger partial charge in [0, 0.05) is 12.6 Å². The average molecular weight is 405 g/mol. The van der Waals surface area contributed by atoms with Crippen LogP contribution in [0, 0.1) is 5.41 Å². The summed E-state index contributed by atoms with van der Waals surface area (Å²) in [6.07, 6.45) is 3.67. The lowest BCUT2D eigenvalue weighted by Gasteiger charge is -2.19. The van der Waals surface area contributed by atoms with Gasteiger partial charge in [0.1, 0.15) is 5.75 Å². The molecule has 1 fully saturated rings. The summed E-state index contributed by atoms with van der Waals surface area (Å²) in [5, 5.41) is 3.53. The Hall–Kier alpha value is -0.0600. The van der Waals surface area contributed by atoms with E-state index in [1.807, 2.05) is 0 Å². The van der Waals surface area contributed by atoms with Crippen molar-refractivity contribution < 1.29 is 4.74 Å². The molecule has 1 saturated carbocycles. The fourth-order valence-electron chi connectivity index (χ4n) is 1.86. The highest BCUT2D eigenvalue weighted by Gasteiger charge is 2.20. The van der Waals surface area contributed by atoms with Crippen LogP contribution in [0.4, 0.5) is 0 Å². The second-order valence-corrected chi connectivity index (χ2v) is 8.41. The molecular formula is C16H23Br2NO. The van der Waals surface area contributed by atoms with E-state index in [0.717, 1.165) is 40.3 Å². The van der Waals surface area contributed by atoms with Crippen LogP contribution in [0.15, 0.2) is 21.1 Å². The molecule has 0 unspecified atom stereocenters. The second-order valence-electron chi connectivity index (χ2n) is 6.70. The van der Waals surface area contributed by atoms with Gasteiger partial charge < -0.3 is 10.1 Å². The number of benzene rings is 1. The molecular weight excluding hydrogens is 382 g/mol. The highest BCUT2D eigenvalue weighted by Crippen LogP contribution is 2.35. The molecule has 2 rings (SSSR count). The van der Waals surface area contributed by atoms with Crippen LogP contribution in [-0.2, 0) is 6.54 Å². The third-order valence-electron chi connectivity index (χ3n) is 3.33. The molecule has 0 aliphatic heterocycles. The zero-order valence-corrected chi connectivity index (χ0v) is 15.6. The molecule has 0 aromatic heterocycles. The van der Waals surface area contributed by atoms with Gasteiger partial charge >= 0.3 is 0 Å². The summed E-state index contributed by atoms with van der Waals surface area (Å²) in [6, 6.07) is 5.02.